The molecule has 3 aromatic carbocycles. The van der Waals surface area contributed by atoms with Gasteiger partial charge in [-0.1, -0.05) is 72.8 Å². The van der Waals surface area contributed by atoms with E-state index < -0.39 is 12.0 Å². The molecule has 0 radical (unpaired) electrons. The molecule has 3 aliphatic heterocycles. The van der Waals surface area contributed by atoms with Crippen LogP contribution in [0.25, 0.3) is 0 Å². The first kappa shape index (κ1) is 25.7. The standard InChI is InChI=1S/C28H29F3NO2.BrH/c29-28(30,31)34-25-13-7-8-22(20-25)21-32-17-14-26(15-18-32,16-19-32)27(33,23-9-3-1-4-10-23)24-11-5-2-6-12-24;/h1-13,20,33H,14-19,21H2;1H/q+1;/p-1. The summed E-state index contributed by atoms with van der Waals surface area (Å²) in [4.78, 5) is 0. The van der Waals surface area contributed by atoms with Crippen molar-refractivity contribution in [2.75, 3.05) is 19.6 Å². The second-order valence-corrected chi connectivity index (χ2v) is 9.84. The average Bonchev–Trinajstić information content (AvgIpc) is 2.85. The predicted octanol–water partition coefficient (Wildman–Crippen LogP) is 3.03. The minimum absolute atomic E-state index is 0. The van der Waals surface area contributed by atoms with Crippen molar-refractivity contribution >= 4 is 0 Å². The molecule has 7 heteroatoms. The lowest BCUT2D eigenvalue weighted by atomic mass is 9.56. The highest BCUT2D eigenvalue weighted by Crippen LogP contribution is 2.57. The number of piperidine rings is 3. The minimum Gasteiger partial charge on any atom is -1.00 e. The van der Waals surface area contributed by atoms with E-state index in [0.29, 0.717) is 6.54 Å². The quantitative estimate of drug-likeness (QED) is 0.481. The Hall–Kier alpha value is -2.35. The van der Waals surface area contributed by atoms with Crippen molar-refractivity contribution < 1.29 is 44.5 Å². The Balaban J connectivity index is 0.00000289. The van der Waals surface area contributed by atoms with E-state index in [1.54, 1.807) is 6.07 Å². The molecule has 0 unspecified atom stereocenters. The topological polar surface area (TPSA) is 29.5 Å². The van der Waals surface area contributed by atoms with Gasteiger partial charge in [0.1, 0.15) is 17.9 Å². The van der Waals surface area contributed by atoms with E-state index in [4.69, 9.17) is 0 Å². The Kier molecular flexibility index (Phi) is 7.06. The molecule has 3 fully saturated rings. The monoisotopic (exact) mass is 547 g/mol. The molecule has 6 rings (SSSR count). The number of rotatable bonds is 6. The average molecular weight is 548 g/mol. The van der Waals surface area contributed by atoms with Gasteiger partial charge in [-0.15, -0.1) is 13.2 Å². The van der Waals surface area contributed by atoms with Crippen molar-refractivity contribution in [1.82, 2.24) is 0 Å². The fourth-order valence-electron chi connectivity index (χ4n) is 6.21. The normalized spacial score (nSPS) is 24.0. The molecule has 3 nitrogen and oxygen atoms in total. The number of aliphatic hydroxyl groups is 1. The fourth-order valence-corrected chi connectivity index (χ4v) is 6.21. The summed E-state index contributed by atoms with van der Waals surface area (Å²) >= 11 is 0. The fraction of sp³-hybridized carbons (Fsp3) is 0.357. The van der Waals surface area contributed by atoms with Crippen molar-refractivity contribution in [3.63, 3.8) is 0 Å². The number of nitrogens with zero attached hydrogens (tertiary/aromatic N) is 1. The summed E-state index contributed by atoms with van der Waals surface area (Å²) in [7, 11) is 0. The molecule has 0 spiro atoms. The molecule has 0 atom stereocenters. The Morgan fingerprint density at radius 3 is 1.77 bits per heavy atom. The molecular weight excluding hydrogens is 519 g/mol. The summed E-state index contributed by atoms with van der Waals surface area (Å²) in [6.45, 7) is 3.31. The van der Waals surface area contributed by atoms with E-state index >= 15 is 0 Å². The van der Waals surface area contributed by atoms with E-state index in [1.807, 2.05) is 66.7 Å². The maximum absolute atomic E-state index is 12.7. The third-order valence-corrected chi connectivity index (χ3v) is 7.99. The van der Waals surface area contributed by atoms with Crippen molar-refractivity contribution in [3.8, 4) is 5.75 Å². The lowest BCUT2D eigenvalue weighted by molar-refractivity contribution is -0.958. The highest BCUT2D eigenvalue weighted by atomic mass is 79.9. The van der Waals surface area contributed by atoms with Crippen LogP contribution in [0.2, 0.25) is 0 Å². The second-order valence-electron chi connectivity index (χ2n) is 9.84. The van der Waals surface area contributed by atoms with Crippen LogP contribution in [0.3, 0.4) is 0 Å². The zero-order valence-electron chi connectivity index (χ0n) is 19.3. The van der Waals surface area contributed by atoms with Crippen molar-refractivity contribution in [3.05, 3.63) is 102 Å². The first-order chi connectivity index (χ1) is 16.2. The highest BCUT2D eigenvalue weighted by molar-refractivity contribution is 5.39. The zero-order chi connectivity index (χ0) is 23.9. The molecule has 186 valence electrons. The summed E-state index contributed by atoms with van der Waals surface area (Å²) in [5.74, 6) is -0.172. The maximum atomic E-state index is 12.7. The first-order valence-corrected chi connectivity index (χ1v) is 11.8. The smallest absolute Gasteiger partial charge is 0.573 e. The van der Waals surface area contributed by atoms with E-state index in [9.17, 15) is 18.3 Å². The van der Waals surface area contributed by atoms with Crippen LogP contribution in [-0.4, -0.2) is 35.6 Å². The largest absolute Gasteiger partial charge is 1.00 e. The number of hydrogen-bond acceptors (Lipinski definition) is 2. The van der Waals surface area contributed by atoms with E-state index in [1.165, 1.54) is 12.1 Å². The molecule has 3 aromatic rings. The van der Waals surface area contributed by atoms with Gasteiger partial charge in [-0.05, 0) is 23.3 Å². The number of fused-ring (bicyclic) bond motifs is 3. The Bertz CT molecular complexity index is 1070. The van der Waals surface area contributed by atoms with Gasteiger partial charge in [0.2, 0.25) is 0 Å². The van der Waals surface area contributed by atoms with E-state index in [-0.39, 0.29) is 28.1 Å². The van der Waals surface area contributed by atoms with Crippen LogP contribution in [0.15, 0.2) is 84.9 Å². The molecule has 35 heavy (non-hydrogen) atoms. The summed E-state index contributed by atoms with van der Waals surface area (Å²) < 4.78 is 42.9. The zero-order valence-corrected chi connectivity index (χ0v) is 20.9. The highest BCUT2D eigenvalue weighted by Gasteiger charge is 2.60. The van der Waals surface area contributed by atoms with Gasteiger partial charge in [-0.3, -0.25) is 0 Å². The number of alkyl halides is 3. The number of hydrogen-bond donors (Lipinski definition) is 1. The third kappa shape index (κ3) is 4.86. The van der Waals surface area contributed by atoms with Crippen LogP contribution in [0.1, 0.15) is 36.0 Å². The Labute approximate surface area is 214 Å². The van der Waals surface area contributed by atoms with Gasteiger partial charge in [0.05, 0.1) is 19.6 Å². The second kappa shape index (κ2) is 9.60. The lowest BCUT2D eigenvalue weighted by Gasteiger charge is -2.60. The van der Waals surface area contributed by atoms with Crippen molar-refractivity contribution in [2.24, 2.45) is 5.41 Å². The molecular formula is C28H29BrF3NO2. The van der Waals surface area contributed by atoms with Gasteiger partial charge < -0.3 is 31.3 Å². The molecule has 3 saturated heterocycles. The number of benzene rings is 3. The van der Waals surface area contributed by atoms with Crippen LogP contribution in [-0.2, 0) is 12.1 Å². The van der Waals surface area contributed by atoms with E-state index in [0.717, 1.165) is 60.1 Å². The van der Waals surface area contributed by atoms with Gasteiger partial charge in [-0.2, -0.15) is 0 Å². The number of halogens is 4. The maximum Gasteiger partial charge on any atom is 0.573 e. The Morgan fingerprint density at radius 1 is 0.771 bits per heavy atom. The van der Waals surface area contributed by atoms with Crippen LogP contribution >= 0.6 is 0 Å². The predicted molar refractivity (Wildman–Crippen MR) is 124 cm³/mol. The first-order valence-electron chi connectivity index (χ1n) is 11.8. The van der Waals surface area contributed by atoms with Gasteiger partial charge in [-0.25, -0.2) is 0 Å². The van der Waals surface area contributed by atoms with Crippen LogP contribution in [0.4, 0.5) is 13.2 Å². The Morgan fingerprint density at radius 2 is 1.29 bits per heavy atom. The lowest BCUT2D eigenvalue weighted by Crippen LogP contribution is -3.00. The molecule has 0 saturated carbocycles. The third-order valence-electron chi connectivity index (χ3n) is 7.99. The molecule has 0 aliphatic carbocycles. The molecule has 3 heterocycles. The molecule has 3 aliphatic rings. The molecule has 1 N–H and O–H groups in total. The molecule has 2 bridgehead atoms. The summed E-state index contributed by atoms with van der Waals surface area (Å²) in [5.41, 5.74) is 1.31. The number of ether oxygens (including phenoxy) is 1. The van der Waals surface area contributed by atoms with Crippen LogP contribution in [0.5, 0.6) is 5.75 Å². The van der Waals surface area contributed by atoms with Gasteiger partial charge >= 0.3 is 6.36 Å². The van der Waals surface area contributed by atoms with Gasteiger partial charge in [0.25, 0.3) is 0 Å². The summed E-state index contributed by atoms with van der Waals surface area (Å²) in [6.07, 6.45) is -2.13. The van der Waals surface area contributed by atoms with Gasteiger partial charge in [0, 0.05) is 30.2 Å². The number of quaternary nitrogens is 1. The van der Waals surface area contributed by atoms with Crippen LogP contribution in [0, 0.1) is 5.41 Å². The SMILES string of the molecule is OC(c1ccccc1)(c1ccccc1)C12CC[N+](Cc3cccc(OC(F)(F)F)c3)(CC1)CC2.[Br-]. The van der Waals surface area contributed by atoms with Crippen molar-refractivity contribution in [2.45, 2.75) is 37.8 Å². The van der Waals surface area contributed by atoms with Gasteiger partial charge in [0.15, 0.2) is 0 Å². The molecule has 0 amide bonds. The molecule has 0 aromatic heterocycles. The summed E-state index contributed by atoms with van der Waals surface area (Å²) in [5, 5.41) is 12.4. The van der Waals surface area contributed by atoms with Crippen LogP contribution < -0.4 is 21.7 Å². The summed E-state index contributed by atoms with van der Waals surface area (Å²) in [6, 6.07) is 26.2. The minimum atomic E-state index is -4.69. The van der Waals surface area contributed by atoms with E-state index in [2.05, 4.69) is 4.74 Å². The van der Waals surface area contributed by atoms with Crippen molar-refractivity contribution in [1.29, 1.82) is 0 Å².